The maximum Gasteiger partial charge on any atom is 0.245 e. The van der Waals surface area contributed by atoms with E-state index in [1.54, 1.807) is 0 Å². The quantitative estimate of drug-likeness (QED) is 0.828. The zero-order valence-corrected chi connectivity index (χ0v) is 12.8. The summed E-state index contributed by atoms with van der Waals surface area (Å²) >= 11 is 0. The molecule has 0 atom stereocenters. The van der Waals surface area contributed by atoms with Crippen molar-refractivity contribution in [2.45, 2.75) is 71.3 Å². The number of alkyl halides is 2. The molecule has 19 heavy (non-hydrogen) atoms. The fourth-order valence-corrected chi connectivity index (χ4v) is 2.91. The number of halogens is 2. The second-order valence-corrected chi connectivity index (χ2v) is 7.24. The third-order valence-corrected chi connectivity index (χ3v) is 4.43. The number of rotatable bonds is 5. The highest BCUT2D eigenvalue weighted by molar-refractivity contribution is 4.89. The molecule has 1 fully saturated rings. The van der Waals surface area contributed by atoms with Crippen molar-refractivity contribution in [3.8, 4) is 0 Å². The zero-order chi connectivity index (χ0) is 14.7. The predicted molar refractivity (Wildman–Crippen MR) is 74.6 cm³/mol. The first-order valence-corrected chi connectivity index (χ1v) is 7.32. The van der Waals surface area contributed by atoms with Crippen molar-refractivity contribution in [1.82, 2.24) is 4.90 Å². The Morgan fingerprint density at radius 2 is 1.63 bits per heavy atom. The second kappa shape index (κ2) is 6.04. The molecule has 114 valence electrons. The molecule has 1 heterocycles. The summed E-state index contributed by atoms with van der Waals surface area (Å²) < 4.78 is 25.7. The molecule has 0 aromatic carbocycles. The van der Waals surface area contributed by atoms with Crippen LogP contribution in [0.4, 0.5) is 8.78 Å². The highest BCUT2D eigenvalue weighted by atomic mass is 19.3. The molecule has 0 bridgehead atoms. The zero-order valence-electron chi connectivity index (χ0n) is 12.8. The average Bonchev–Trinajstić information content (AvgIpc) is 2.26. The molecule has 0 spiro atoms. The molecule has 1 N–H and O–H groups in total. The highest BCUT2D eigenvalue weighted by Gasteiger charge is 2.37. The molecule has 0 aromatic rings. The van der Waals surface area contributed by atoms with E-state index >= 15 is 0 Å². The third-order valence-electron chi connectivity index (χ3n) is 4.43. The van der Waals surface area contributed by atoms with Gasteiger partial charge in [0.15, 0.2) is 0 Å². The van der Waals surface area contributed by atoms with E-state index in [-0.39, 0.29) is 24.0 Å². The molecule has 2 nitrogen and oxygen atoms in total. The third kappa shape index (κ3) is 5.35. The summed E-state index contributed by atoms with van der Waals surface area (Å²) in [6.45, 7) is 9.57. The molecule has 0 aromatic heterocycles. The van der Waals surface area contributed by atoms with Gasteiger partial charge in [-0.2, -0.15) is 0 Å². The molecule has 1 aliphatic rings. The predicted octanol–water partition coefficient (Wildman–Crippen LogP) is 3.68. The Labute approximate surface area is 116 Å². The van der Waals surface area contributed by atoms with Crippen molar-refractivity contribution in [2.24, 2.45) is 5.41 Å². The van der Waals surface area contributed by atoms with Gasteiger partial charge < -0.3 is 5.11 Å². The van der Waals surface area contributed by atoms with Crippen LogP contribution < -0.4 is 0 Å². The number of aliphatic hydroxyl groups is 1. The van der Waals surface area contributed by atoms with Gasteiger partial charge in [0.05, 0.1) is 0 Å². The minimum Gasteiger partial charge on any atom is -0.396 e. The van der Waals surface area contributed by atoms with E-state index in [4.69, 9.17) is 0 Å². The van der Waals surface area contributed by atoms with Gasteiger partial charge in [-0.05, 0) is 71.9 Å². The standard InChI is InChI=1S/C15H29F2NO/c1-13(2,3)18-10-8-15(12-19,9-11-18)7-5-6-14(4,16)17/h19H,5-12H2,1-4H3. The van der Waals surface area contributed by atoms with Gasteiger partial charge in [-0.15, -0.1) is 0 Å². The lowest BCUT2D eigenvalue weighted by Gasteiger charge is -2.46. The van der Waals surface area contributed by atoms with Crippen LogP contribution in [-0.4, -0.2) is 41.2 Å². The van der Waals surface area contributed by atoms with Gasteiger partial charge in [-0.1, -0.05) is 0 Å². The van der Waals surface area contributed by atoms with Gasteiger partial charge in [0.25, 0.3) is 0 Å². The normalized spacial score (nSPS) is 21.6. The van der Waals surface area contributed by atoms with E-state index < -0.39 is 5.92 Å². The molecule has 0 unspecified atom stereocenters. The molecule has 1 rings (SSSR count). The van der Waals surface area contributed by atoms with E-state index in [9.17, 15) is 13.9 Å². The molecule has 4 heteroatoms. The van der Waals surface area contributed by atoms with Crippen LogP contribution in [0.1, 0.15) is 59.8 Å². The molecule has 0 aliphatic carbocycles. The Balaban J connectivity index is 2.47. The smallest absolute Gasteiger partial charge is 0.245 e. The molecular formula is C15H29F2NO. The second-order valence-electron chi connectivity index (χ2n) is 7.24. The van der Waals surface area contributed by atoms with Crippen LogP contribution in [0.25, 0.3) is 0 Å². The van der Waals surface area contributed by atoms with E-state index in [1.807, 2.05) is 0 Å². The summed E-state index contributed by atoms with van der Waals surface area (Å²) in [4.78, 5) is 2.41. The summed E-state index contributed by atoms with van der Waals surface area (Å²) in [5.41, 5.74) is 0.0189. The number of nitrogens with zero attached hydrogens (tertiary/aromatic N) is 1. The molecule has 1 saturated heterocycles. The fraction of sp³-hybridized carbons (Fsp3) is 1.00. The van der Waals surface area contributed by atoms with E-state index in [2.05, 4.69) is 25.7 Å². The van der Waals surface area contributed by atoms with Gasteiger partial charge in [0.1, 0.15) is 0 Å². The lowest BCUT2D eigenvalue weighted by Crippen LogP contribution is -2.50. The maximum atomic E-state index is 12.9. The van der Waals surface area contributed by atoms with Crippen LogP contribution in [0.2, 0.25) is 0 Å². The first-order chi connectivity index (χ1) is 8.58. The van der Waals surface area contributed by atoms with E-state index in [1.165, 1.54) is 0 Å². The molecule has 0 amide bonds. The maximum absolute atomic E-state index is 12.9. The molecular weight excluding hydrogens is 248 g/mol. The molecule has 0 radical (unpaired) electrons. The minimum absolute atomic E-state index is 0.0717. The van der Waals surface area contributed by atoms with Crippen molar-refractivity contribution >= 4 is 0 Å². The van der Waals surface area contributed by atoms with Crippen LogP contribution in [0.15, 0.2) is 0 Å². The van der Waals surface area contributed by atoms with Crippen molar-refractivity contribution in [1.29, 1.82) is 0 Å². The van der Waals surface area contributed by atoms with Crippen molar-refractivity contribution in [3.63, 3.8) is 0 Å². The van der Waals surface area contributed by atoms with Crippen LogP contribution in [-0.2, 0) is 0 Å². The Bertz CT molecular complexity index is 267. The van der Waals surface area contributed by atoms with Gasteiger partial charge in [0.2, 0.25) is 5.92 Å². The number of piperidine rings is 1. The topological polar surface area (TPSA) is 23.5 Å². The first-order valence-electron chi connectivity index (χ1n) is 7.32. The van der Waals surface area contributed by atoms with Crippen LogP contribution >= 0.6 is 0 Å². The summed E-state index contributed by atoms with van der Waals surface area (Å²) in [5, 5.41) is 9.65. The Morgan fingerprint density at radius 1 is 1.11 bits per heavy atom. The van der Waals surface area contributed by atoms with Gasteiger partial charge >= 0.3 is 0 Å². The Kier molecular flexibility index (Phi) is 5.35. The lowest BCUT2D eigenvalue weighted by atomic mass is 9.74. The average molecular weight is 277 g/mol. The summed E-state index contributed by atoms with van der Waals surface area (Å²) in [6, 6.07) is 0. The summed E-state index contributed by atoms with van der Waals surface area (Å²) in [7, 11) is 0. The fourth-order valence-electron chi connectivity index (χ4n) is 2.91. The molecule has 1 aliphatic heterocycles. The number of hydrogen-bond acceptors (Lipinski definition) is 2. The van der Waals surface area contributed by atoms with E-state index in [0.717, 1.165) is 32.9 Å². The van der Waals surface area contributed by atoms with Crippen LogP contribution in [0.5, 0.6) is 0 Å². The van der Waals surface area contributed by atoms with Gasteiger partial charge in [-0.25, -0.2) is 8.78 Å². The lowest BCUT2D eigenvalue weighted by molar-refractivity contribution is -0.0149. The van der Waals surface area contributed by atoms with Crippen molar-refractivity contribution in [3.05, 3.63) is 0 Å². The first kappa shape index (κ1) is 16.8. The monoisotopic (exact) mass is 277 g/mol. The van der Waals surface area contributed by atoms with E-state index in [0.29, 0.717) is 12.8 Å². The highest BCUT2D eigenvalue weighted by Crippen LogP contribution is 2.38. The summed E-state index contributed by atoms with van der Waals surface area (Å²) in [6.07, 6.45) is 2.97. The minimum atomic E-state index is -2.58. The van der Waals surface area contributed by atoms with Crippen molar-refractivity contribution in [2.75, 3.05) is 19.7 Å². The summed E-state index contributed by atoms with van der Waals surface area (Å²) in [5.74, 6) is -2.58. The molecule has 0 saturated carbocycles. The van der Waals surface area contributed by atoms with Crippen LogP contribution in [0.3, 0.4) is 0 Å². The van der Waals surface area contributed by atoms with Gasteiger partial charge in [0, 0.05) is 18.6 Å². The SMILES string of the molecule is CC(F)(F)CCCC1(CO)CCN(C(C)(C)C)CC1. The number of likely N-dealkylation sites (tertiary alicyclic amines) is 1. The Hall–Kier alpha value is -0.220. The Morgan fingerprint density at radius 3 is 2.00 bits per heavy atom. The van der Waals surface area contributed by atoms with Crippen molar-refractivity contribution < 1.29 is 13.9 Å². The van der Waals surface area contributed by atoms with Crippen LogP contribution in [0, 0.1) is 5.41 Å². The van der Waals surface area contributed by atoms with Gasteiger partial charge in [-0.3, -0.25) is 4.90 Å². The number of aliphatic hydroxyl groups excluding tert-OH is 1. The number of hydrogen-bond donors (Lipinski definition) is 1. The largest absolute Gasteiger partial charge is 0.396 e.